The molecule has 88 valence electrons. The smallest absolute Gasteiger partial charge is 0.173 e. The largest absolute Gasteiger partial charge is 0.352 e. The Bertz CT molecular complexity index is 379. The molecule has 0 aliphatic heterocycles. The number of aryl methyl sites for hydroxylation is 1. The third kappa shape index (κ3) is 3.65. The van der Waals surface area contributed by atoms with Crippen molar-refractivity contribution in [2.24, 2.45) is 0 Å². The van der Waals surface area contributed by atoms with E-state index in [-0.39, 0.29) is 0 Å². The minimum atomic E-state index is 0.743. The van der Waals surface area contributed by atoms with Gasteiger partial charge in [-0.25, -0.2) is 0 Å². The van der Waals surface area contributed by atoms with Crippen LogP contribution in [0, 0.1) is 6.92 Å². The minimum absolute atomic E-state index is 0.743. The van der Waals surface area contributed by atoms with E-state index < -0.39 is 0 Å². The van der Waals surface area contributed by atoms with Gasteiger partial charge in [0.2, 0.25) is 0 Å². The highest BCUT2D eigenvalue weighted by molar-refractivity contribution is 7.80. The van der Waals surface area contributed by atoms with Gasteiger partial charge in [-0.15, -0.1) is 0 Å². The molecule has 0 unspecified atom stereocenters. The van der Waals surface area contributed by atoms with Crippen LogP contribution in [0.2, 0.25) is 5.02 Å². The van der Waals surface area contributed by atoms with E-state index in [2.05, 4.69) is 12.2 Å². The molecule has 0 aromatic heterocycles. The maximum atomic E-state index is 5.89. The molecule has 0 aliphatic carbocycles. The Labute approximate surface area is 108 Å². The summed E-state index contributed by atoms with van der Waals surface area (Å²) >= 11 is 11.2. The maximum absolute atomic E-state index is 5.89. The van der Waals surface area contributed by atoms with Crippen LogP contribution in [0.4, 0.5) is 5.69 Å². The number of nitrogens with zero attached hydrogens (tertiary/aromatic N) is 1. The molecule has 1 rings (SSSR count). The van der Waals surface area contributed by atoms with Gasteiger partial charge >= 0.3 is 0 Å². The fourth-order valence-electron chi connectivity index (χ4n) is 1.41. The van der Waals surface area contributed by atoms with E-state index in [4.69, 9.17) is 23.8 Å². The van der Waals surface area contributed by atoms with Gasteiger partial charge in [-0.05, 0) is 49.3 Å². The predicted molar refractivity (Wildman–Crippen MR) is 75.3 cm³/mol. The van der Waals surface area contributed by atoms with Crippen molar-refractivity contribution in [2.45, 2.75) is 20.3 Å². The van der Waals surface area contributed by atoms with Crippen molar-refractivity contribution in [3.8, 4) is 0 Å². The zero-order valence-corrected chi connectivity index (χ0v) is 11.5. The Hall–Kier alpha value is -0.800. The summed E-state index contributed by atoms with van der Waals surface area (Å²) in [4.78, 5) is 2.03. The number of hydrogen-bond donors (Lipinski definition) is 1. The summed E-state index contributed by atoms with van der Waals surface area (Å²) in [5.74, 6) is 0. The van der Waals surface area contributed by atoms with Gasteiger partial charge in [0.25, 0.3) is 0 Å². The highest BCUT2D eigenvalue weighted by Crippen LogP contribution is 2.19. The SMILES string of the molecule is CCCN(C)C(=S)Nc1ccc(Cl)cc1C. The van der Waals surface area contributed by atoms with Crippen molar-refractivity contribution in [3.63, 3.8) is 0 Å². The summed E-state index contributed by atoms with van der Waals surface area (Å²) in [6.45, 7) is 5.10. The number of halogens is 1. The number of nitrogens with one attached hydrogen (secondary N) is 1. The molecule has 0 atom stereocenters. The average molecular weight is 257 g/mol. The molecule has 0 heterocycles. The van der Waals surface area contributed by atoms with Crippen LogP contribution in [0.5, 0.6) is 0 Å². The molecule has 2 nitrogen and oxygen atoms in total. The molecule has 0 saturated carbocycles. The molecule has 0 amide bonds. The topological polar surface area (TPSA) is 15.3 Å². The lowest BCUT2D eigenvalue weighted by atomic mass is 10.2. The molecule has 1 aromatic rings. The van der Waals surface area contributed by atoms with E-state index in [0.717, 1.165) is 34.4 Å². The lowest BCUT2D eigenvalue weighted by Crippen LogP contribution is -2.31. The van der Waals surface area contributed by atoms with Crippen LogP contribution in [0.15, 0.2) is 18.2 Å². The number of thiocarbonyl (C=S) groups is 1. The van der Waals surface area contributed by atoms with Crippen molar-refractivity contribution >= 4 is 34.6 Å². The van der Waals surface area contributed by atoms with Crippen molar-refractivity contribution in [2.75, 3.05) is 18.9 Å². The minimum Gasteiger partial charge on any atom is -0.352 e. The summed E-state index contributed by atoms with van der Waals surface area (Å²) in [6, 6.07) is 5.73. The monoisotopic (exact) mass is 256 g/mol. The molecular weight excluding hydrogens is 240 g/mol. The van der Waals surface area contributed by atoms with E-state index in [0.29, 0.717) is 0 Å². The highest BCUT2D eigenvalue weighted by Gasteiger charge is 2.05. The fourth-order valence-corrected chi connectivity index (χ4v) is 1.84. The van der Waals surface area contributed by atoms with Crippen LogP contribution >= 0.6 is 23.8 Å². The van der Waals surface area contributed by atoms with Crippen LogP contribution in [0.1, 0.15) is 18.9 Å². The van der Waals surface area contributed by atoms with Crippen LogP contribution in [0.3, 0.4) is 0 Å². The first-order valence-corrected chi connectivity index (χ1v) is 6.11. The van der Waals surface area contributed by atoms with E-state index in [9.17, 15) is 0 Å². The third-order valence-corrected chi connectivity index (χ3v) is 2.98. The Morgan fingerprint density at radius 2 is 2.19 bits per heavy atom. The summed E-state index contributed by atoms with van der Waals surface area (Å²) < 4.78 is 0. The van der Waals surface area contributed by atoms with Crippen LogP contribution < -0.4 is 5.32 Å². The van der Waals surface area contributed by atoms with Crippen LogP contribution in [-0.2, 0) is 0 Å². The van der Waals surface area contributed by atoms with Crippen LogP contribution in [0.25, 0.3) is 0 Å². The molecule has 0 aliphatic rings. The first kappa shape index (κ1) is 13.3. The van der Waals surface area contributed by atoms with E-state index in [1.165, 1.54) is 0 Å². The first-order chi connectivity index (χ1) is 7.54. The summed E-state index contributed by atoms with van der Waals surface area (Å²) in [5, 5.41) is 4.71. The molecule has 0 radical (unpaired) electrons. The summed E-state index contributed by atoms with van der Waals surface area (Å²) in [5.41, 5.74) is 2.11. The predicted octanol–water partition coefficient (Wildman–Crippen LogP) is 3.69. The lowest BCUT2D eigenvalue weighted by molar-refractivity contribution is 0.508. The summed E-state index contributed by atoms with van der Waals surface area (Å²) in [6.07, 6.45) is 1.08. The number of rotatable bonds is 3. The van der Waals surface area contributed by atoms with Gasteiger partial charge in [0.15, 0.2) is 5.11 Å². The summed E-state index contributed by atoms with van der Waals surface area (Å²) in [7, 11) is 1.99. The zero-order chi connectivity index (χ0) is 12.1. The molecule has 16 heavy (non-hydrogen) atoms. The Morgan fingerprint density at radius 3 is 2.75 bits per heavy atom. The molecular formula is C12H17ClN2S. The molecule has 0 fully saturated rings. The molecule has 1 aromatic carbocycles. The zero-order valence-electron chi connectivity index (χ0n) is 9.88. The van der Waals surface area contributed by atoms with E-state index in [1.54, 1.807) is 0 Å². The van der Waals surface area contributed by atoms with Crippen molar-refractivity contribution in [3.05, 3.63) is 28.8 Å². The Morgan fingerprint density at radius 1 is 1.50 bits per heavy atom. The number of benzene rings is 1. The standard InChI is InChI=1S/C12H17ClN2S/c1-4-7-15(3)12(16)14-11-6-5-10(13)8-9(11)2/h5-6,8H,4,7H2,1-3H3,(H,14,16). The highest BCUT2D eigenvalue weighted by atomic mass is 35.5. The van der Waals surface area contributed by atoms with Gasteiger partial charge in [-0.3, -0.25) is 0 Å². The Balaban J connectivity index is 2.69. The van der Waals surface area contributed by atoms with Gasteiger partial charge in [-0.1, -0.05) is 18.5 Å². The van der Waals surface area contributed by atoms with Gasteiger partial charge in [0.05, 0.1) is 0 Å². The quantitative estimate of drug-likeness (QED) is 0.831. The fraction of sp³-hybridized carbons (Fsp3) is 0.417. The second-order valence-electron chi connectivity index (χ2n) is 3.81. The number of anilines is 1. The Kier molecular flexibility index (Phi) is 5.03. The van der Waals surface area contributed by atoms with Gasteiger partial charge in [0, 0.05) is 24.3 Å². The molecule has 4 heteroatoms. The van der Waals surface area contributed by atoms with Crippen LogP contribution in [-0.4, -0.2) is 23.6 Å². The average Bonchev–Trinajstić information content (AvgIpc) is 2.22. The lowest BCUT2D eigenvalue weighted by Gasteiger charge is -2.21. The second-order valence-corrected chi connectivity index (χ2v) is 4.63. The van der Waals surface area contributed by atoms with Gasteiger partial charge in [-0.2, -0.15) is 0 Å². The van der Waals surface area contributed by atoms with Gasteiger partial charge in [0.1, 0.15) is 0 Å². The molecule has 0 bridgehead atoms. The van der Waals surface area contributed by atoms with Gasteiger partial charge < -0.3 is 10.2 Å². The molecule has 0 saturated heterocycles. The normalized spacial score (nSPS) is 10.0. The second kappa shape index (κ2) is 6.06. The number of hydrogen-bond acceptors (Lipinski definition) is 1. The molecule has 1 N–H and O–H groups in total. The molecule has 0 spiro atoms. The maximum Gasteiger partial charge on any atom is 0.173 e. The van der Waals surface area contributed by atoms with Crippen molar-refractivity contribution in [1.29, 1.82) is 0 Å². The van der Waals surface area contributed by atoms with E-state index in [1.807, 2.05) is 37.1 Å². The third-order valence-electron chi connectivity index (χ3n) is 2.34. The van der Waals surface area contributed by atoms with Crippen molar-refractivity contribution < 1.29 is 0 Å². The van der Waals surface area contributed by atoms with Crippen molar-refractivity contribution in [1.82, 2.24) is 4.90 Å². The van der Waals surface area contributed by atoms with E-state index >= 15 is 0 Å². The first-order valence-electron chi connectivity index (χ1n) is 5.33.